The van der Waals surface area contributed by atoms with Gasteiger partial charge >= 0.3 is 0 Å². The monoisotopic (exact) mass is 229 g/mol. The van der Waals surface area contributed by atoms with Crippen LogP contribution in [0, 0.1) is 6.92 Å². The topological polar surface area (TPSA) is 29.9 Å². The maximum atomic E-state index is 4.25. The maximum Gasteiger partial charge on any atom is 0.0522 e. The summed E-state index contributed by atoms with van der Waals surface area (Å²) in [7, 11) is 0. The Morgan fingerprint density at radius 3 is 2.59 bits per heavy atom. The number of aromatic nitrogens is 2. The molecule has 0 aliphatic carbocycles. The van der Waals surface area contributed by atoms with Gasteiger partial charge in [-0.3, -0.25) is 4.68 Å². The van der Waals surface area contributed by atoms with E-state index >= 15 is 0 Å². The van der Waals surface area contributed by atoms with Crippen molar-refractivity contribution < 1.29 is 0 Å². The molecule has 0 amide bonds. The largest absolute Gasteiger partial charge is 0.307 e. The lowest BCUT2D eigenvalue weighted by Crippen LogP contribution is -2.16. The highest BCUT2D eigenvalue weighted by Crippen LogP contribution is 2.03. The molecule has 1 heterocycles. The number of hydrogen-bond donors (Lipinski definition) is 1. The fraction of sp³-hybridized carbons (Fsp3) is 0.357. The molecule has 0 aliphatic rings. The summed E-state index contributed by atoms with van der Waals surface area (Å²) < 4.78 is 2.02. The molecule has 1 N–H and O–H groups in total. The molecule has 3 heteroatoms. The number of nitrogens with one attached hydrogen (secondary N) is 1. The number of benzene rings is 1. The Hall–Kier alpha value is -1.61. The van der Waals surface area contributed by atoms with Crippen LogP contribution < -0.4 is 5.32 Å². The fourth-order valence-corrected chi connectivity index (χ4v) is 1.84. The first-order valence-corrected chi connectivity index (χ1v) is 6.06. The second kappa shape index (κ2) is 5.64. The Morgan fingerprint density at radius 1 is 1.12 bits per heavy atom. The van der Waals surface area contributed by atoms with Crippen LogP contribution in [-0.4, -0.2) is 9.78 Å². The molecule has 0 atom stereocenters. The van der Waals surface area contributed by atoms with Gasteiger partial charge in [-0.25, -0.2) is 0 Å². The Kier molecular flexibility index (Phi) is 3.94. The second-order valence-corrected chi connectivity index (χ2v) is 4.23. The van der Waals surface area contributed by atoms with Crippen LogP contribution in [0.4, 0.5) is 0 Å². The van der Waals surface area contributed by atoms with Gasteiger partial charge in [-0.2, -0.15) is 5.10 Å². The highest BCUT2D eigenvalue weighted by atomic mass is 15.3. The summed E-state index contributed by atoms with van der Waals surface area (Å²) in [6.07, 6.45) is 1.85. The highest BCUT2D eigenvalue weighted by Gasteiger charge is 1.99. The van der Waals surface area contributed by atoms with Gasteiger partial charge < -0.3 is 5.32 Å². The molecular weight excluding hydrogens is 210 g/mol. The SMILES string of the molecule is CCn1nccc1CNCc1ccc(C)cc1. The standard InChI is InChI=1S/C14H19N3/c1-3-17-14(8-9-16-17)11-15-10-13-6-4-12(2)5-7-13/h4-9,15H,3,10-11H2,1-2H3. The lowest BCUT2D eigenvalue weighted by atomic mass is 10.1. The van der Waals surface area contributed by atoms with Crippen molar-refractivity contribution in [1.82, 2.24) is 15.1 Å². The molecule has 1 aromatic heterocycles. The van der Waals surface area contributed by atoms with Gasteiger partial charge in [0.2, 0.25) is 0 Å². The van der Waals surface area contributed by atoms with Crippen LogP contribution in [0.2, 0.25) is 0 Å². The summed E-state index contributed by atoms with van der Waals surface area (Å²) in [4.78, 5) is 0. The van der Waals surface area contributed by atoms with E-state index in [1.807, 2.05) is 10.9 Å². The molecule has 0 bridgehead atoms. The lowest BCUT2D eigenvalue weighted by molar-refractivity contribution is 0.581. The van der Waals surface area contributed by atoms with Crippen LogP contribution in [0.25, 0.3) is 0 Å². The Labute approximate surface area is 102 Å². The summed E-state index contributed by atoms with van der Waals surface area (Å²) in [5.41, 5.74) is 3.86. The number of rotatable bonds is 5. The van der Waals surface area contributed by atoms with E-state index in [-0.39, 0.29) is 0 Å². The first kappa shape index (κ1) is 11.9. The van der Waals surface area contributed by atoms with E-state index in [4.69, 9.17) is 0 Å². The maximum absolute atomic E-state index is 4.25. The predicted molar refractivity (Wildman–Crippen MR) is 69.6 cm³/mol. The third-order valence-electron chi connectivity index (χ3n) is 2.86. The van der Waals surface area contributed by atoms with E-state index in [0.29, 0.717) is 0 Å². The Balaban J connectivity index is 1.85. The molecule has 0 saturated carbocycles. The summed E-state index contributed by atoms with van der Waals surface area (Å²) in [6, 6.07) is 10.7. The fourth-order valence-electron chi connectivity index (χ4n) is 1.84. The van der Waals surface area contributed by atoms with Crippen LogP contribution >= 0.6 is 0 Å². The van der Waals surface area contributed by atoms with Crippen molar-refractivity contribution in [2.24, 2.45) is 0 Å². The smallest absolute Gasteiger partial charge is 0.0522 e. The van der Waals surface area contributed by atoms with Crippen LogP contribution in [0.3, 0.4) is 0 Å². The van der Waals surface area contributed by atoms with E-state index < -0.39 is 0 Å². The van der Waals surface area contributed by atoms with Crippen LogP contribution in [0.5, 0.6) is 0 Å². The van der Waals surface area contributed by atoms with Gasteiger partial charge in [0.1, 0.15) is 0 Å². The lowest BCUT2D eigenvalue weighted by Gasteiger charge is -2.07. The first-order valence-electron chi connectivity index (χ1n) is 6.06. The van der Waals surface area contributed by atoms with Crippen molar-refractivity contribution in [2.45, 2.75) is 33.5 Å². The predicted octanol–water partition coefficient (Wildman–Crippen LogP) is 2.50. The van der Waals surface area contributed by atoms with Crippen molar-refractivity contribution in [3.63, 3.8) is 0 Å². The molecule has 1 aromatic carbocycles. The van der Waals surface area contributed by atoms with E-state index in [1.54, 1.807) is 0 Å². The van der Waals surface area contributed by atoms with Gasteiger partial charge in [-0.15, -0.1) is 0 Å². The van der Waals surface area contributed by atoms with E-state index in [1.165, 1.54) is 16.8 Å². The molecule has 0 fully saturated rings. The molecule has 2 rings (SSSR count). The number of nitrogens with zero attached hydrogens (tertiary/aromatic N) is 2. The van der Waals surface area contributed by atoms with Crippen molar-refractivity contribution in [3.05, 3.63) is 53.3 Å². The van der Waals surface area contributed by atoms with E-state index in [0.717, 1.165) is 19.6 Å². The van der Waals surface area contributed by atoms with E-state index in [9.17, 15) is 0 Å². The van der Waals surface area contributed by atoms with Gasteiger partial charge in [-0.05, 0) is 25.5 Å². The number of aryl methyl sites for hydroxylation is 2. The quantitative estimate of drug-likeness (QED) is 0.853. The zero-order chi connectivity index (χ0) is 12.1. The average molecular weight is 229 g/mol. The van der Waals surface area contributed by atoms with Gasteiger partial charge in [-0.1, -0.05) is 29.8 Å². The van der Waals surface area contributed by atoms with Gasteiger partial charge in [0.05, 0.1) is 5.69 Å². The van der Waals surface area contributed by atoms with Gasteiger partial charge in [0.15, 0.2) is 0 Å². The zero-order valence-corrected chi connectivity index (χ0v) is 10.5. The average Bonchev–Trinajstić information content (AvgIpc) is 2.79. The molecule has 2 aromatic rings. The Bertz CT molecular complexity index is 457. The highest BCUT2D eigenvalue weighted by molar-refractivity contribution is 5.21. The molecule has 0 unspecified atom stereocenters. The van der Waals surface area contributed by atoms with Crippen molar-refractivity contribution >= 4 is 0 Å². The molecule has 17 heavy (non-hydrogen) atoms. The zero-order valence-electron chi connectivity index (χ0n) is 10.5. The molecule has 0 radical (unpaired) electrons. The first-order chi connectivity index (χ1) is 8.29. The summed E-state index contributed by atoms with van der Waals surface area (Å²) in [6.45, 7) is 6.90. The molecule has 0 aliphatic heterocycles. The third kappa shape index (κ3) is 3.17. The van der Waals surface area contributed by atoms with Crippen molar-refractivity contribution in [3.8, 4) is 0 Å². The van der Waals surface area contributed by atoms with Gasteiger partial charge in [0.25, 0.3) is 0 Å². The van der Waals surface area contributed by atoms with Crippen LogP contribution in [0.15, 0.2) is 36.5 Å². The van der Waals surface area contributed by atoms with Crippen molar-refractivity contribution in [1.29, 1.82) is 0 Å². The minimum absolute atomic E-state index is 0.863. The third-order valence-corrected chi connectivity index (χ3v) is 2.86. The minimum atomic E-state index is 0.863. The summed E-state index contributed by atoms with van der Waals surface area (Å²) >= 11 is 0. The number of hydrogen-bond acceptors (Lipinski definition) is 2. The molecular formula is C14H19N3. The summed E-state index contributed by atoms with van der Waals surface area (Å²) in [5, 5.41) is 7.69. The van der Waals surface area contributed by atoms with E-state index in [2.05, 4.69) is 54.6 Å². The minimum Gasteiger partial charge on any atom is -0.307 e. The summed E-state index contributed by atoms with van der Waals surface area (Å²) in [5.74, 6) is 0. The van der Waals surface area contributed by atoms with Crippen molar-refractivity contribution in [2.75, 3.05) is 0 Å². The molecule has 3 nitrogen and oxygen atoms in total. The second-order valence-electron chi connectivity index (χ2n) is 4.23. The van der Waals surface area contributed by atoms with Crippen LogP contribution in [-0.2, 0) is 19.6 Å². The molecule has 0 saturated heterocycles. The normalized spacial score (nSPS) is 10.7. The van der Waals surface area contributed by atoms with Crippen LogP contribution in [0.1, 0.15) is 23.7 Å². The molecule has 0 spiro atoms. The Morgan fingerprint density at radius 2 is 1.88 bits per heavy atom. The van der Waals surface area contributed by atoms with Gasteiger partial charge in [0, 0.05) is 25.8 Å². The molecule has 90 valence electrons.